The Morgan fingerprint density at radius 1 is 1.21 bits per heavy atom. The zero-order chi connectivity index (χ0) is 20.1. The van der Waals surface area contributed by atoms with Crippen molar-refractivity contribution in [1.29, 1.82) is 0 Å². The van der Waals surface area contributed by atoms with Crippen LogP contribution in [0.25, 0.3) is 0 Å². The van der Waals surface area contributed by atoms with E-state index in [4.69, 9.17) is 26.8 Å². The van der Waals surface area contributed by atoms with Gasteiger partial charge in [0, 0.05) is 40.2 Å². The van der Waals surface area contributed by atoms with E-state index in [1.165, 1.54) is 5.56 Å². The molecule has 3 aromatic rings. The van der Waals surface area contributed by atoms with Crippen molar-refractivity contribution in [2.24, 2.45) is 0 Å². The molecule has 29 heavy (non-hydrogen) atoms. The molecule has 0 saturated carbocycles. The van der Waals surface area contributed by atoms with Crippen LogP contribution < -0.4 is 5.73 Å². The fourth-order valence-electron chi connectivity index (χ4n) is 3.43. The second kappa shape index (κ2) is 9.22. The molecule has 7 heteroatoms. The number of nitrogens with two attached hydrogens (primary N) is 1. The summed E-state index contributed by atoms with van der Waals surface area (Å²) in [6.45, 7) is 1.17. The SMILES string of the molecule is Nc1ccccc1SC[C@@H]1CO[C@](CCc2ccc(Cl)cc2)(Cn2ccnc2)O1. The first kappa shape index (κ1) is 20.3. The van der Waals surface area contributed by atoms with Gasteiger partial charge in [-0.1, -0.05) is 35.9 Å². The smallest absolute Gasteiger partial charge is 0.187 e. The minimum Gasteiger partial charge on any atom is -0.398 e. The first-order valence-electron chi connectivity index (χ1n) is 9.61. The summed E-state index contributed by atoms with van der Waals surface area (Å²) in [6.07, 6.45) is 7.10. The Labute approximate surface area is 180 Å². The summed E-state index contributed by atoms with van der Waals surface area (Å²) in [5.74, 6) is 0.120. The van der Waals surface area contributed by atoms with Gasteiger partial charge in [-0.3, -0.25) is 0 Å². The molecule has 1 aromatic heterocycles. The number of aryl methyl sites for hydroxylation is 1. The zero-order valence-corrected chi connectivity index (χ0v) is 17.6. The van der Waals surface area contributed by atoms with Crippen molar-refractivity contribution in [3.05, 3.63) is 77.8 Å². The lowest BCUT2D eigenvalue weighted by Gasteiger charge is -2.28. The molecule has 2 aromatic carbocycles. The Hall–Kier alpha value is -1.99. The second-order valence-electron chi connectivity index (χ2n) is 7.17. The highest BCUT2D eigenvalue weighted by Gasteiger charge is 2.41. The highest BCUT2D eigenvalue weighted by Crippen LogP contribution is 2.34. The first-order valence-corrected chi connectivity index (χ1v) is 11.0. The van der Waals surface area contributed by atoms with E-state index in [1.807, 2.05) is 59.3 Å². The van der Waals surface area contributed by atoms with Crippen molar-refractivity contribution in [3.8, 4) is 0 Å². The van der Waals surface area contributed by atoms with Gasteiger partial charge in [0.05, 0.1) is 25.6 Å². The summed E-state index contributed by atoms with van der Waals surface area (Å²) in [4.78, 5) is 5.22. The van der Waals surface area contributed by atoms with Gasteiger partial charge in [0.1, 0.15) is 0 Å². The van der Waals surface area contributed by atoms with Crippen molar-refractivity contribution in [1.82, 2.24) is 9.55 Å². The van der Waals surface area contributed by atoms with Gasteiger partial charge in [0.25, 0.3) is 0 Å². The Kier molecular flexibility index (Phi) is 6.45. The maximum absolute atomic E-state index is 6.47. The Morgan fingerprint density at radius 2 is 2.03 bits per heavy atom. The van der Waals surface area contributed by atoms with Crippen molar-refractivity contribution in [2.75, 3.05) is 18.1 Å². The van der Waals surface area contributed by atoms with Crippen LogP contribution in [-0.2, 0) is 22.4 Å². The monoisotopic (exact) mass is 429 g/mol. The number of nitrogens with zero attached hydrogens (tertiary/aromatic N) is 2. The molecular weight excluding hydrogens is 406 g/mol. The molecule has 4 rings (SSSR count). The van der Waals surface area contributed by atoms with Crippen molar-refractivity contribution < 1.29 is 9.47 Å². The first-order chi connectivity index (χ1) is 14.1. The van der Waals surface area contributed by atoms with Crippen LogP contribution in [0, 0.1) is 0 Å². The van der Waals surface area contributed by atoms with Crippen LogP contribution in [0.1, 0.15) is 12.0 Å². The summed E-state index contributed by atoms with van der Waals surface area (Å²) in [5.41, 5.74) is 8.06. The molecule has 0 spiro atoms. The lowest BCUT2D eigenvalue weighted by atomic mass is 10.0. The third kappa shape index (κ3) is 5.34. The van der Waals surface area contributed by atoms with Gasteiger partial charge in [-0.25, -0.2) is 4.98 Å². The number of halogens is 1. The fraction of sp³-hybridized carbons (Fsp3) is 0.318. The van der Waals surface area contributed by atoms with Crippen molar-refractivity contribution in [3.63, 3.8) is 0 Å². The molecule has 1 fully saturated rings. The third-order valence-corrected chi connectivity index (χ3v) is 6.42. The molecule has 2 N–H and O–H groups in total. The van der Waals surface area contributed by atoms with E-state index in [-0.39, 0.29) is 6.10 Å². The molecule has 0 unspecified atom stereocenters. The predicted molar refractivity (Wildman–Crippen MR) is 117 cm³/mol. The molecule has 5 nitrogen and oxygen atoms in total. The summed E-state index contributed by atoms with van der Waals surface area (Å²) in [5, 5.41) is 0.743. The fourth-order valence-corrected chi connectivity index (χ4v) is 4.50. The maximum atomic E-state index is 6.47. The van der Waals surface area contributed by atoms with Crippen LogP contribution in [0.3, 0.4) is 0 Å². The number of imidazole rings is 1. The minimum absolute atomic E-state index is 0.00773. The number of anilines is 1. The van der Waals surface area contributed by atoms with Gasteiger partial charge in [0.2, 0.25) is 0 Å². The number of ether oxygens (including phenoxy) is 2. The normalized spacial score (nSPS) is 21.5. The molecule has 0 bridgehead atoms. The molecule has 152 valence electrons. The Balaban J connectivity index is 1.41. The van der Waals surface area contributed by atoms with E-state index in [2.05, 4.69) is 4.98 Å². The predicted octanol–water partition coefficient (Wildman–Crippen LogP) is 4.66. The quantitative estimate of drug-likeness (QED) is 0.417. The highest BCUT2D eigenvalue weighted by atomic mass is 35.5. The van der Waals surface area contributed by atoms with Gasteiger partial charge in [-0.2, -0.15) is 0 Å². The lowest BCUT2D eigenvalue weighted by Crippen LogP contribution is -2.37. The Bertz CT molecular complexity index is 920. The van der Waals surface area contributed by atoms with Crippen LogP contribution in [-0.4, -0.2) is 33.8 Å². The van der Waals surface area contributed by atoms with E-state index in [0.717, 1.165) is 34.2 Å². The van der Waals surface area contributed by atoms with Crippen molar-refractivity contribution in [2.45, 2.75) is 36.2 Å². The average Bonchev–Trinajstić information content (AvgIpc) is 3.38. The van der Waals surface area contributed by atoms with Crippen LogP contribution in [0.15, 0.2) is 72.1 Å². The van der Waals surface area contributed by atoms with Crippen LogP contribution in [0.4, 0.5) is 5.69 Å². The number of thioether (sulfide) groups is 1. The second-order valence-corrected chi connectivity index (χ2v) is 8.67. The third-order valence-electron chi connectivity index (χ3n) is 4.95. The van der Waals surface area contributed by atoms with E-state index in [1.54, 1.807) is 24.3 Å². The van der Waals surface area contributed by atoms with E-state index >= 15 is 0 Å². The molecule has 1 aliphatic heterocycles. The van der Waals surface area contributed by atoms with Gasteiger partial charge in [0.15, 0.2) is 5.79 Å². The van der Waals surface area contributed by atoms with Crippen LogP contribution in [0.5, 0.6) is 0 Å². The van der Waals surface area contributed by atoms with Crippen LogP contribution >= 0.6 is 23.4 Å². The summed E-state index contributed by atoms with van der Waals surface area (Å²) < 4.78 is 14.7. The molecular formula is C22H24ClN3O2S. The molecule has 2 heterocycles. The summed E-state index contributed by atoms with van der Waals surface area (Å²) in [7, 11) is 0. The van der Waals surface area contributed by atoms with Gasteiger partial charge < -0.3 is 19.8 Å². The maximum Gasteiger partial charge on any atom is 0.187 e. The van der Waals surface area contributed by atoms with E-state index in [0.29, 0.717) is 13.2 Å². The number of rotatable bonds is 8. The number of benzene rings is 2. The van der Waals surface area contributed by atoms with E-state index < -0.39 is 5.79 Å². The largest absolute Gasteiger partial charge is 0.398 e. The standard InChI is InChI=1S/C22H24ClN3O2S/c23-18-7-5-17(6-8-18)9-10-22(15-26-12-11-25-16-26)27-13-19(28-22)14-29-21-4-2-1-3-20(21)24/h1-8,11-12,16,19H,9-10,13-15,24H2/t19-,22-/m0/s1. The number of hydrogen-bond donors (Lipinski definition) is 1. The molecule has 0 aliphatic carbocycles. The summed E-state index contributed by atoms with van der Waals surface area (Å²) in [6, 6.07) is 15.8. The van der Waals surface area contributed by atoms with Crippen LogP contribution in [0.2, 0.25) is 5.02 Å². The molecule has 1 saturated heterocycles. The molecule has 0 radical (unpaired) electrons. The van der Waals surface area contributed by atoms with Gasteiger partial charge in [-0.05, 0) is 36.2 Å². The number of hydrogen-bond acceptors (Lipinski definition) is 5. The topological polar surface area (TPSA) is 62.3 Å². The van der Waals surface area contributed by atoms with E-state index in [9.17, 15) is 0 Å². The average molecular weight is 430 g/mol. The van der Waals surface area contributed by atoms with Gasteiger partial charge >= 0.3 is 0 Å². The lowest BCUT2D eigenvalue weighted by molar-refractivity contribution is -0.180. The number of aromatic nitrogens is 2. The summed E-state index contributed by atoms with van der Waals surface area (Å²) >= 11 is 7.71. The number of nitrogen functional groups attached to an aromatic ring is 1. The van der Waals surface area contributed by atoms with Gasteiger partial charge in [-0.15, -0.1) is 11.8 Å². The zero-order valence-electron chi connectivity index (χ0n) is 16.0. The highest BCUT2D eigenvalue weighted by molar-refractivity contribution is 7.99. The number of para-hydroxylation sites is 1. The molecule has 2 atom stereocenters. The van der Waals surface area contributed by atoms with Crippen molar-refractivity contribution >= 4 is 29.1 Å². The molecule has 0 amide bonds. The minimum atomic E-state index is -0.673. The molecule has 1 aliphatic rings. The Morgan fingerprint density at radius 3 is 2.79 bits per heavy atom.